The van der Waals surface area contributed by atoms with Gasteiger partial charge in [0.15, 0.2) is 0 Å². The summed E-state index contributed by atoms with van der Waals surface area (Å²) in [6.07, 6.45) is 0. The Morgan fingerprint density at radius 1 is 1.00 bits per heavy atom. The van der Waals surface area contributed by atoms with Crippen LogP contribution in [0.4, 0.5) is 5.69 Å². The molecule has 1 aromatic heterocycles. The van der Waals surface area contributed by atoms with E-state index in [1.807, 2.05) is 42.5 Å². The number of hydrogen-bond acceptors (Lipinski definition) is 6. The first-order valence-corrected chi connectivity index (χ1v) is 11.5. The summed E-state index contributed by atoms with van der Waals surface area (Å²) in [7, 11) is 3.18. The highest BCUT2D eigenvalue weighted by molar-refractivity contribution is 6.12. The second-order valence-electron chi connectivity index (χ2n) is 8.18. The van der Waals surface area contributed by atoms with Gasteiger partial charge in [0.25, 0.3) is 5.91 Å². The largest absolute Gasteiger partial charge is 0.497 e. The molecule has 3 aromatic carbocycles. The lowest BCUT2D eigenvalue weighted by atomic mass is 9.95. The highest BCUT2D eigenvalue weighted by atomic mass is 16.5. The third kappa shape index (κ3) is 3.86. The van der Waals surface area contributed by atoms with Gasteiger partial charge in [0.05, 0.1) is 38.1 Å². The van der Waals surface area contributed by atoms with Crippen molar-refractivity contribution >= 4 is 17.6 Å². The highest BCUT2D eigenvalue weighted by Crippen LogP contribution is 2.47. The van der Waals surface area contributed by atoms with E-state index in [1.54, 1.807) is 56.4 Å². The first-order chi connectivity index (χ1) is 17.6. The van der Waals surface area contributed by atoms with Crippen molar-refractivity contribution in [1.29, 1.82) is 0 Å². The van der Waals surface area contributed by atoms with Crippen molar-refractivity contribution < 1.29 is 23.8 Å². The molecule has 182 valence electrons. The van der Waals surface area contributed by atoms with Crippen LogP contribution in [0.3, 0.4) is 0 Å². The lowest BCUT2D eigenvalue weighted by Crippen LogP contribution is -2.29. The zero-order valence-corrected chi connectivity index (χ0v) is 20.1. The number of aromatic nitrogens is 2. The molecule has 0 saturated heterocycles. The zero-order valence-electron chi connectivity index (χ0n) is 20.1. The van der Waals surface area contributed by atoms with Gasteiger partial charge in [-0.25, -0.2) is 4.79 Å². The number of nitrogens with zero attached hydrogens (tertiary/aromatic N) is 2. The number of rotatable bonds is 7. The van der Waals surface area contributed by atoms with Gasteiger partial charge in [0, 0.05) is 28.4 Å². The molecule has 0 bridgehead atoms. The van der Waals surface area contributed by atoms with E-state index in [0.29, 0.717) is 34.1 Å². The maximum Gasteiger partial charge on any atom is 0.338 e. The number of aromatic amines is 1. The number of benzene rings is 3. The van der Waals surface area contributed by atoms with Crippen molar-refractivity contribution in [3.8, 4) is 22.8 Å². The Morgan fingerprint density at radius 2 is 1.75 bits per heavy atom. The SMILES string of the molecule is CCOC(=O)c1ccc(N2C(=O)c3[nH]nc(-c4ccccc4)c3[C@@H]2c2ccc(OC)cc2OC)cc1. The summed E-state index contributed by atoms with van der Waals surface area (Å²) in [6.45, 7) is 2.04. The summed E-state index contributed by atoms with van der Waals surface area (Å²) in [5.74, 6) is 0.576. The number of anilines is 1. The number of methoxy groups -OCH3 is 2. The van der Waals surface area contributed by atoms with Gasteiger partial charge in [-0.3, -0.25) is 14.8 Å². The molecule has 1 N–H and O–H groups in total. The van der Waals surface area contributed by atoms with Crippen LogP contribution < -0.4 is 14.4 Å². The predicted molar refractivity (Wildman–Crippen MR) is 135 cm³/mol. The molecule has 0 radical (unpaired) electrons. The van der Waals surface area contributed by atoms with E-state index in [-0.39, 0.29) is 12.5 Å². The van der Waals surface area contributed by atoms with Crippen LogP contribution in [0.25, 0.3) is 11.3 Å². The van der Waals surface area contributed by atoms with Crippen molar-refractivity contribution in [3.63, 3.8) is 0 Å². The fraction of sp³-hybridized carbons (Fsp3) is 0.179. The average Bonchev–Trinajstić information content (AvgIpc) is 3.48. The molecule has 8 nitrogen and oxygen atoms in total. The number of fused-ring (bicyclic) bond motifs is 1. The third-order valence-electron chi connectivity index (χ3n) is 6.21. The second kappa shape index (κ2) is 9.58. The smallest absolute Gasteiger partial charge is 0.338 e. The zero-order chi connectivity index (χ0) is 25.2. The Kier molecular flexibility index (Phi) is 6.16. The molecule has 0 aliphatic carbocycles. The molecule has 5 rings (SSSR count). The quantitative estimate of drug-likeness (QED) is 0.371. The van der Waals surface area contributed by atoms with E-state index in [9.17, 15) is 9.59 Å². The van der Waals surface area contributed by atoms with Crippen LogP contribution in [-0.4, -0.2) is 42.9 Å². The van der Waals surface area contributed by atoms with Gasteiger partial charge in [-0.15, -0.1) is 0 Å². The Balaban J connectivity index is 1.68. The van der Waals surface area contributed by atoms with E-state index < -0.39 is 12.0 Å². The van der Waals surface area contributed by atoms with Crippen molar-refractivity contribution in [2.24, 2.45) is 0 Å². The summed E-state index contributed by atoms with van der Waals surface area (Å²) in [5.41, 5.74) is 4.55. The van der Waals surface area contributed by atoms with Gasteiger partial charge >= 0.3 is 5.97 Å². The summed E-state index contributed by atoms with van der Waals surface area (Å²) < 4.78 is 16.2. The fourth-order valence-corrected chi connectivity index (χ4v) is 4.54. The van der Waals surface area contributed by atoms with Crippen LogP contribution in [0, 0.1) is 0 Å². The maximum atomic E-state index is 13.8. The van der Waals surface area contributed by atoms with E-state index in [1.165, 1.54) is 0 Å². The van der Waals surface area contributed by atoms with Gasteiger partial charge in [0.2, 0.25) is 0 Å². The van der Waals surface area contributed by atoms with Crippen LogP contribution in [0.15, 0.2) is 72.8 Å². The van der Waals surface area contributed by atoms with Crippen molar-refractivity contribution in [1.82, 2.24) is 10.2 Å². The maximum absolute atomic E-state index is 13.8. The van der Waals surface area contributed by atoms with E-state index >= 15 is 0 Å². The molecule has 36 heavy (non-hydrogen) atoms. The molecule has 1 amide bonds. The topological polar surface area (TPSA) is 93.8 Å². The van der Waals surface area contributed by atoms with E-state index in [2.05, 4.69) is 10.2 Å². The number of ether oxygens (including phenoxy) is 3. The number of carbonyl (C=O) groups excluding carboxylic acids is 2. The second-order valence-corrected chi connectivity index (χ2v) is 8.18. The van der Waals surface area contributed by atoms with Crippen LogP contribution in [0.1, 0.15) is 44.9 Å². The summed E-state index contributed by atoms with van der Waals surface area (Å²) in [4.78, 5) is 27.6. The van der Waals surface area contributed by atoms with Gasteiger partial charge in [-0.2, -0.15) is 5.10 Å². The van der Waals surface area contributed by atoms with Crippen LogP contribution in [0.2, 0.25) is 0 Å². The molecule has 1 atom stereocenters. The molecule has 0 saturated carbocycles. The normalized spacial score (nSPS) is 14.5. The molecular weight excluding hydrogens is 458 g/mol. The van der Waals surface area contributed by atoms with Gasteiger partial charge < -0.3 is 14.2 Å². The van der Waals surface area contributed by atoms with Gasteiger partial charge in [0.1, 0.15) is 17.2 Å². The Hall–Kier alpha value is -4.59. The number of hydrogen-bond donors (Lipinski definition) is 1. The van der Waals surface area contributed by atoms with Crippen LogP contribution >= 0.6 is 0 Å². The first kappa shape index (κ1) is 23.2. The van der Waals surface area contributed by atoms with E-state index in [0.717, 1.165) is 16.7 Å². The number of H-pyrrole nitrogens is 1. The Labute approximate surface area is 208 Å². The molecule has 0 spiro atoms. The minimum absolute atomic E-state index is 0.230. The molecule has 1 aliphatic rings. The van der Waals surface area contributed by atoms with E-state index in [4.69, 9.17) is 14.2 Å². The van der Waals surface area contributed by atoms with Gasteiger partial charge in [-0.05, 0) is 43.3 Å². The minimum atomic E-state index is -0.532. The molecule has 1 aliphatic heterocycles. The lowest BCUT2D eigenvalue weighted by Gasteiger charge is -2.28. The van der Waals surface area contributed by atoms with Crippen molar-refractivity contribution in [2.75, 3.05) is 25.7 Å². The molecule has 4 aromatic rings. The lowest BCUT2D eigenvalue weighted by molar-refractivity contribution is 0.0526. The molecular formula is C28H25N3O5. The average molecular weight is 484 g/mol. The number of carbonyl (C=O) groups is 2. The molecule has 0 fully saturated rings. The summed E-state index contributed by atoms with van der Waals surface area (Å²) in [5, 5.41) is 7.47. The van der Waals surface area contributed by atoms with Crippen LogP contribution in [-0.2, 0) is 4.74 Å². The number of esters is 1. The first-order valence-electron chi connectivity index (χ1n) is 11.5. The van der Waals surface area contributed by atoms with Crippen molar-refractivity contribution in [3.05, 3.63) is 95.2 Å². The van der Waals surface area contributed by atoms with Crippen molar-refractivity contribution in [2.45, 2.75) is 13.0 Å². The minimum Gasteiger partial charge on any atom is -0.497 e. The summed E-state index contributed by atoms with van der Waals surface area (Å²) in [6, 6.07) is 21.5. The highest BCUT2D eigenvalue weighted by Gasteiger charge is 2.44. The molecule has 0 unspecified atom stereocenters. The van der Waals surface area contributed by atoms with Crippen LogP contribution in [0.5, 0.6) is 11.5 Å². The Bertz CT molecular complexity index is 1410. The molecule has 2 heterocycles. The molecule has 8 heteroatoms. The monoisotopic (exact) mass is 483 g/mol. The predicted octanol–water partition coefficient (Wildman–Crippen LogP) is 5.02. The number of amides is 1. The standard InChI is InChI=1S/C28H25N3O5/c1-4-36-28(33)18-10-12-19(13-11-18)31-26(21-15-14-20(34-2)16-22(21)35-3)23-24(17-8-6-5-7-9-17)29-30-25(23)27(31)32/h5-16,26H,4H2,1-3H3,(H,29,30)/t26-/m0/s1. The Morgan fingerprint density at radius 3 is 2.42 bits per heavy atom. The fourth-order valence-electron chi connectivity index (χ4n) is 4.54. The third-order valence-corrected chi connectivity index (χ3v) is 6.21. The summed E-state index contributed by atoms with van der Waals surface area (Å²) >= 11 is 0. The van der Waals surface area contributed by atoms with Gasteiger partial charge in [-0.1, -0.05) is 30.3 Å². The number of nitrogens with one attached hydrogen (secondary N) is 1.